The van der Waals surface area contributed by atoms with Crippen molar-refractivity contribution < 1.29 is 27.9 Å². The minimum Gasteiger partial charge on any atom is -0.444 e. The summed E-state index contributed by atoms with van der Waals surface area (Å²) in [5.74, 6) is -0.554. The van der Waals surface area contributed by atoms with Gasteiger partial charge in [0.1, 0.15) is 40.6 Å². The Morgan fingerprint density at radius 1 is 1.05 bits per heavy atom. The van der Waals surface area contributed by atoms with Gasteiger partial charge in [0.25, 0.3) is 0 Å². The zero-order chi connectivity index (χ0) is 30.4. The first-order valence-electron chi connectivity index (χ1n) is 13.9. The standard InChI is InChI=1S/C30H36F2N6O4.H2S/c1-5-13-33-25(39)17-23(35-29(41)42-30(2,3)4)28(40)37-14-15-38-24(18-37)36-26(19-7-6-8-21(32)16-19)27(38)34-22-11-9-20(31)10-12-22;/h6-12,16,23,34H,5,13-15,17-18H2,1-4H3,(H,33,39)(H,35,41);1H2/t23-;/m0./s1. The SMILES string of the molecule is CCCNC(=O)C[C@H](NC(=O)OC(C)(C)C)C(=O)N1CCn2c(nc(-c3cccc(F)c3)c2Nc2ccc(F)cc2)C1.S. The van der Waals surface area contributed by atoms with Crippen LogP contribution in [0.3, 0.4) is 0 Å². The number of halogens is 2. The number of nitrogens with zero attached hydrogens (tertiary/aromatic N) is 3. The summed E-state index contributed by atoms with van der Waals surface area (Å²) in [6, 6.07) is 10.7. The van der Waals surface area contributed by atoms with Gasteiger partial charge in [-0.1, -0.05) is 19.1 Å². The molecule has 0 spiro atoms. The number of fused-ring (bicyclic) bond motifs is 1. The van der Waals surface area contributed by atoms with Crippen LogP contribution in [0.5, 0.6) is 0 Å². The van der Waals surface area contributed by atoms with Crippen LogP contribution >= 0.6 is 13.5 Å². The fourth-order valence-electron chi connectivity index (χ4n) is 4.55. The molecule has 3 aromatic rings. The second kappa shape index (κ2) is 14.4. The Labute approximate surface area is 256 Å². The topological polar surface area (TPSA) is 118 Å². The molecule has 4 rings (SSSR count). The van der Waals surface area contributed by atoms with Crippen molar-refractivity contribution in [3.63, 3.8) is 0 Å². The molecule has 1 aromatic heterocycles. The van der Waals surface area contributed by atoms with Gasteiger partial charge in [0.05, 0.1) is 13.0 Å². The number of ether oxygens (including phenoxy) is 1. The lowest BCUT2D eigenvalue weighted by atomic mass is 10.1. The van der Waals surface area contributed by atoms with Gasteiger partial charge in [0.15, 0.2) is 0 Å². The lowest BCUT2D eigenvalue weighted by molar-refractivity contribution is -0.137. The summed E-state index contributed by atoms with van der Waals surface area (Å²) in [5.41, 5.74) is 0.802. The van der Waals surface area contributed by atoms with Crippen LogP contribution in [0.2, 0.25) is 0 Å². The van der Waals surface area contributed by atoms with E-state index >= 15 is 0 Å². The van der Waals surface area contributed by atoms with Crippen molar-refractivity contribution >= 4 is 42.9 Å². The van der Waals surface area contributed by atoms with Crippen LogP contribution in [0.25, 0.3) is 11.3 Å². The number of hydrogen-bond acceptors (Lipinski definition) is 6. The van der Waals surface area contributed by atoms with Crippen molar-refractivity contribution in [1.29, 1.82) is 0 Å². The van der Waals surface area contributed by atoms with Gasteiger partial charge in [-0.15, -0.1) is 0 Å². The number of imidazole rings is 1. The molecule has 0 saturated carbocycles. The van der Waals surface area contributed by atoms with Crippen LogP contribution in [0.1, 0.15) is 46.4 Å². The number of rotatable bonds is 9. The highest BCUT2D eigenvalue weighted by molar-refractivity contribution is 7.59. The summed E-state index contributed by atoms with van der Waals surface area (Å²) >= 11 is 0. The van der Waals surface area contributed by atoms with Crippen molar-refractivity contribution in [1.82, 2.24) is 25.1 Å². The van der Waals surface area contributed by atoms with E-state index in [0.29, 0.717) is 41.7 Å². The van der Waals surface area contributed by atoms with Crippen LogP contribution in [0, 0.1) is 11.6 Å². The smallest absolute Gasteiger partial charge is 0.408 e. The monoisotopic (exact) mass is 616 g/mol. The predicted octanol–water partition coefficient (Wildman–Crippen LogP) is 4.84. The Morgan fingerprint density at radius 2 is 1.77 bits per heavy atom. The van der Waals surface area contributed by atoms with E-state index < -0.39 is 29.5 Å². The highest BCUT2D eigenvalue weighted by Crippen LogP contribution is 2.33. The maximum Gasteiger partial charge on any atom is 0.408 e. The van der Waals surface area contributed by atoms with Crippen LogP contribution < -0.4 is 16.0 Å². The molecule has 0 unspecified atom stereocenters. The molecule has 0 saturated heterocycles. The van der Waals surface area contributed by atoms with Crippen LogP contribution in [-0.4, -0.2) is 57.1 Å². The molecular formula is C30H38F2N6O4S. The number of hydrogen-bond donors (Lipinski definition) is 3. The molecule has 232 valence electrons. The van der Waals surface area contributed by atoms with Crippen molar-refractivity contribution in [2.24, 2.45) is 0 Å². The first kappa shape index (κ1) is 33.4. The highest BCUT2D eigenvalue weighted by atomic mass is 32.1. The van der Waals surface area contributed by atoms with Crippen LogP contribution in [0.15, 0.2) is 48.5 Å². The van der Waals surface area contributed by atoms with E-state index in [1.54, 1.807) is 45.0 Å². The van der Waals surface area contributed by atoms with Gasteiger partial charge < -0.3 is 30.2 Å². The van der Waals surface area contributed by atoms with Gasteiger partial charge in [-0.25, -0.2) is 18.6 Å². The van der Waals surface area contributed by atoms with Gasteiger partial charge in [0, 0.05) is 30.9 Å². The molecule has 3 N–H and O–H groups in total. The molecule has 2 aromatic carbocycles. The number of nitrogens with one attached hydrogen (secondary N) is 3. The van der Waals surface area contributed by atoms with Crippen LogP contribution in [0.4, 0.5) is 25.1 Å². The molecule has 0 bridgehead atoms. The van der Waals surface area contributed by atoms with Gasteiger partial charge in [-0.2, -0.15) is 13.5 Å². The Bertz CT molecular complexity index is 1440. The fraction of sp³-hybridized carbons (Fsp3) is 0.400. The van der Waals surface area contributed by atoms with Crippen molar-refractivity contribution in [3.05, 3.63) is 66.0 Å². The van der Waals surface area contributed by atoms with Crippen molar-refractivity contribution in [2.75, 3.05) is 18.4 Å². The quantitative estimate of drug-likeness (QED) is 0.317. The molecule has 13 heteroatoms. The maximum absolute atomic E-state index is 14.2. The Balaban J connectivity index is 0.00000506. The third kappa shape index (κ3) is 8.93. The molecular weight excluding hydrogens is 578 g/mol. The highest BCUT2D eigenvalue weighted by Gasteiger charge is 2.33. The fourth-order valence-corrected chi connectivity index (χ4v) is 4.55. The number of aromatic nitrogens is 2. The van der Waals surface area contributed by atoms with E-state index in [-0.39, 0.29) is 44.7 Å². The van der Waals surface area contributed by atoms with E-state index in [0.717, 1.165) is 6.42 Å². The van der Waals surface area contributed by atoms with E-state index in [2.05, 4.69) is 16.0 Å². The molecule has 1 atom stereocenters. The first-order chi connectivity index (χ1) is 19.9. The van der Waals surface area contributed by atoms with Crippen LogP contribution in [-0.2, 0) is 27.4 Å². The van der Waals surface area contributed by atoms with Crippen molar-refractivity contribution in [3.8, 4) is 11.3 Å². The second-order valence-corrected chi connectivity index (χ2v) is 11.0. The molecule has 0 aliphatic carbocycles. The maximum atomic E-state index is 14.2. The lowest BCUT2D eigenvalue weighted by Crippen LogP contribution is -2.53. The molecule has 0 radical (unpaired) electrons. The minimum atomic E-state index is -1.15. The van der Waals surface area contributed by atoms with E-state index in [1.807, 2.05) is 11.5 Å². The second-order valence-electron chi connectivity index (χ2n) is 11.0. The van der Waals surface area contributed by atoms with Gasteiger partial charge in [0.2, 0.25) is 11.8 Å². The summed E-state index contributed by atoms with van der Waals surface area (Å²) in [5, 5.41) is 8.57. The van der Waals surface area contributed by atoms with E-state index in [4.69, 9.17) is 9.72 Å². The average molecular weight is 617 g/mol. The molecule has 1 aliphatic rings. The molecule has 0 fully saturated rings. The Kier molecular flexibility index (Phi) is 11.1. The number of amides is 3. The number of carbonyl (C=O) groups is 3. The Morgan fingerprint density at radius 3 is 2.42 bits per heavy atom. The van der Waals surface area contributed by atoms with E-state index in [1.165, 1.54) is 29.2 Å². The zero-order valence-electron chi connectivity index (χ0n) is 24.7. The van der Waals surface area contributed by atoms with Gasteiger partial charge in [-0.05, 0) is 63.6 Å². The summed E-state index contributed by atoms with van der Waals surface area (Å²) in [7, 11) is 0. The predicted molar refractivity (Wildman–Crippen MR) is 164 cm³/mol. The normalized spacial score (nSPS) is 13.3. The molecule has 43 heavy (non-hydrogen) atoms. The summed E-state index contributed by atoms with van der Waals surface area (Å²) in [6.07, 6.45) is -0.336. The largest absolute Gasteiger partial charge is 0.444 e. The lowest BCUT2D eigenvalue weighted by Gasteiger charge is -2.32. The van der Waals surface area contributed by atoms with E-state index in [9.17, 15) is 23.2 Å². The number of benzene rings is 2. The minimum absolute atomic E-state index is 0. The molecule has 10 nitrogen and oxygen atoms in total. The summed E-state index contributed by atoms with van der Waals surface area (Å²) in [6.45, 7) is 8.13. The molecule has 2 heterocycles. The van der Waals surface area contributed by atoms with Crippen molar-refractivity contribution in [2.45, 2.75) is 65.3 Å². The molecule has 1 aliphatic heterocycles. The zero-order valence-corrected chi connectivity index (χ0v) is 25.7. The number of anilines is 2. The van der Waals surface area contributed by atoms with Gasteiger partial charge in [-0.3, -0.25) is 9.59 Å². The Hall–Kier alpha value is -4.13. The molecule has 3 amide bonds. The third-order valence-corrected chi connectivity index (χ3v) is 6.44. The summed E-state index contributed by atoms with van der Waals surface area (Å²) in [4.78, 5) is 45.1. The average Bonchev–Trinajstić information content (AvgIpc) is 3.28. The number of carbonyl (C=O) groups excluding carboxylic acids is 3. The van der Waals surface area contributed by atoms with Gasteiger partial charge >= 0.3 is 6.09 Å². The number of alkyl carbamates (subject to hydrolysis) is 1. The summed E-state index contributed by atoms with van der Waals surface area (Å²) < 4.78 is 34.9. The first-order valence-corrected chi connectivity index (χ1v) is 13.9. The third-order valence-electron chi connectivity index (χ3n) is 6.44.